The molecule has 1 aromatic carbocycles. The lowest BCUT2D eigenvalue weighted by Gasteiger charge is -2.33. The summed E-state index contributed by atoms with van der Waals surface area (Å²) in [5.41, 5.74) is 5.99. The molecule has 0 saturated heterocycles. The van der Waals surface area contributed by atoms with Crippen LogP contribution in [0.2, 0.25) is 0 Å². The van der Waals surface area contributed by atoms with Crippen LogP contribution < -0.4 is 10.1 Å². The van der Waals surface area contributed by atoms with E-state index in [0.717, 1.165) is 49.0 Å². The van der Waals surface area contributed by atoms with Gasteiger partial charge in [0, 0.05) is 23.5 Å². The molecule has 0 spiro atoms. The molecular weight excluding hydrogens is 404 g/mol. The normalized spacial score (nSPS) is 16.1. The second-order valence-corrected chi connectivity index (χ2v) is 9.08. The van der Waals surface area contributed by atoms with Gasteiger partial charge in [0.05, 0.1) is 26.9 Å². The highest BCUT2D eigenvalue weighted by Gasteiger charge is 2.24. The Morgan fingerprint density at radius 3 is 3.07 bits per heavy atom. The third kappa shape index (κ3) is 5.12. The van der Waals surface area contributed by atoms with Gasteiger partial charge >= 0.3 is 6.09 Å². The number of nitrogens with one attached hydrogen (secondary N) is 1. The molecule has 1 aliphatic rings. The minimum atomic E-state index is -0.397. The largest absolute Gasteiger partial charge is 0.412 e. The molecule has 2 aromatic heterocycles. The number of likely N-dealkylation sites (N-methyl/N-ethyl adjacent to an activating group) is 1. The van der Waals surface area contributed by atoms with Gasteiger partial charge in [0.15, 0.2) is 0 Å². The number of fused-ring (bicyclic) bond motifs is 2. The number of thiazole rings is 2. The summed E-state index contributed by atoms with van der Waals surface area (Å²) in [6.07, 6.45) is 5.03. The lowest BCUT2D eigenvalue weighted by atomic mass is 9.96. The summed E-state index contributed by atoms with van der Waals surface area (Å²) >= 11 is 3.33. The summed E-state index contributed by atoms with van der Waals surface area (Å²) in [5.74, 6) is 0.552. The average molecular weight is 431 g/mol. The Balaban J connectivity index is 1.16. The summed E-state index contributed by atoms with van der Waals surface area (Å²) in [4.78, 5) is 24.7. The summed E-state index contributed by atoms with van der Waals surface area (Å²) in [5, 5.41) is 2.86. The van der Waals surface area contributed by atoms with Gasteiger partial charge in [-0.05, 0) is 57.3 Å². The van der Waals surface area contributed by atoms with E-state index >= 15 is 0 Å². The van der Waals surface area contributed by atoms with E-state index in [0.29, 0.717) is 18.3 Å². The van der Waals surface area contributed by atoms with Crippen LogP contribution in [0.1, 0.15) is 36.8 Å². The topological polar surface area (TPSA) is 67.4 Å². The molecular formula is C21H26N4O2S2. The Kier molecular flexibility index (Phi) is 6.74. The van der Waals surface area contributed by atoms with E-state index in [9.17, 15) is 4.79 Å². The van der Waals surface area contributed by atoms with Crippen molar-refractivity contribution in [3.8, 4) is 5.75 Å². The Labute approximate surface area is 178 Å². The molecule has 0 radical (unpaired) electrons. The number of hydrogen-bond acceptors (Lipinski definition) is 7. The standard InChI is InChI=1S/C21H26N4O2S2/c1-2-25(15-5-7-17-19(11-15)28-13-23-17)10-4-3-9-22-21(26)27-16-6-8-18-20(12-16)29-14-24-18/h6,8,12-15H,2-5,7,9-11H2,1H3,(H,22,26). The summed E-state index contributed by atoms with van der Waals surface area (Å²) in [7, 11) is 0. The van der Waals surface area contributed by atoms with Crippen LogP contribution in [0.15, 0.2) is 29.2 Å². The van der Waals surface area contributed by atoms with Crippen molar-refractivity contribution in [2.75, 3.05) is 19.6 Å². The number of rotatable bonds is 8. The predicted molar refractivity (Wildman–Crippen MR) is 118 cm³/mol. The van der Waals surface area contributed by atoms with E-state index in [1.54, 1.807) is 22.9 Å². The molecule has 154 valence electrons. The molecule has 3 aromatic rings. The maximum Gasteiger partial charge on any atom is 0.412 e. The SMILES string of the molecule is CCN(CCCCNC(=O)Oc1ccc2ncsc2c1)C1CCc2ncsc2C1. The number of unbranched alkanes of at least 4 members (excludes halogenated alkanes) is 1. The fourth-order valence-corrected chi connectivity index (χ4v) is 5.46. The number of ether oxygens (including phenoxy) is 1. The highest BCUT2D eigenvalue weighted by Crippen LogP contribution is 2.27. The first-order chi connectivity index (χ1) is 14.2. The first-order valence-electron chi connectivity index (χ1n) is 10.2. The minimum absolute atomic E-state index is 0.397. The third-order valence-electron chi connectivity index (χ3n) is 5.44. The van der Waals surface area contributed by atoms with Crippen LogP contribution >= 0.6 is 22.7 Å². The smallest absolute Gasteiger partial charge is 0.410 e. The molecule has 4 rings (SSSR count). The van der Waals surface area contributed by atoms with E-state index < -0.39 is 6.09 Å². The first kappa shape index (κ1) is 20.3. The van der Waals surface area contributed by atoms with E-state index in [1.807, 2.05) is 17.6 Å². The number of nitrogens with zero attached hydrogens (tertiary/aromatic N) is 3. The van der Waals surface area contributed by atoms with Crippen molar-refractivity contribution in [3.63, 3.8) is 0 Å². The van der Waals surface area contributed by atoms with Crippen molar-refractivity contribution < 1.29 is 9.53 Å². The molecule has 1 N–H and O–H groups in total. The van der Waals surface area contributed by atoms with Crippen molar-refractivity contribution in [2.45, 2.75) is 45.1 Å². The van der Waals surface area contributed by atoms with Crippen LogP contribution in [0.3, 0.4) is 0 Å². The van der Waals surface area contributed by atoms with Gasteiger partial charge in [-0.25, -0.2) is 14.8 Å². The van der Waals surface area contributed by atoms with E-state index in [1.165, 1.54) is 28.3 Å². The number of aryl methyl sites for hydroxylation is 1. The first-order valence-corrected chi connectivity index (χ1v) is 11.9. The van der Waals surface area contributed by atoms with Crippen molar-refractivity contribution in [2.24, 2.45) is 0 Å². The Bertz CT molecular complexity index is 955. The van der Waals surface area contributed by atoms with Crippen LogP contribution in [0.5, 0.6) is 5.75 Å². The van der Waals surface area contributed by atoms with Crippen molar-refractivity contribution >= 4 is 39.0 Å². The van der Waals surface area contributed by atoms with Crippen LogP contribution in [0, 0.1) is 0 Å². The highest BCUT2D eigenvalue weighted by molar-refractivity contribution is 7.16. The maximum absolute atomic E-state index is 12.0. The molecule has 29 heavy (non-hydrogen) atoms. The van der Waals surface area contributed by atoms with Crippen molar-refractivity contribution in [3.05, 3.63) is 39.8 Å². The van der Waals surface area contributed by atoms with Gasteiger partial charge in [0.2, 0.25) is 0 Å². The molecule has 1 atom stereocenters. The fraction of sp³-hybridized carbons (Fsp3) is 0.476. The zero-order valence-corrected chi connectivity index (χ0v) is 18.2. The highest BCUT2D eigenvalue weighted by atomic mass is 32.1. The van der Waals surface area contributed by atoms with Crippen molar-refractivity contribution in [1.82, 2.24) is 20.2 Å². The predicted octanol–water partition coefficient (Wildman–Crippen LogP) is 4.50. The van der Waals surface area contributed by atoms with Crippen LogP contribution in [-0.2, 0) is 12.8 Å². The number of carbonyl (C=O) groups excluding carboxylic acids is 1. The molecule has 0 aliphatic heterocycles. The monoisotopic (exact) mass is 430 g/mol. The molecule has 0 fully saturated rings. The molecule has 2 heterocycles. The van der Waals surface area contributed by atoms with Gasteiger partial charge < -0.3 is 15.0 Å². The zero-order valence-electron chi connectivity index (χ0n) is 16.6. The van der Waals surface area contributed by atoms with Gasteiger partial charge in [-0.3, -0.25) is 0 Å². The number of carbonyl (C=O) groups is 1. The number of hydrogen-bond donors (Lipinski definition) is 1. The van der Waals surface area contributed by atoms with E-state index in [-0.39, 0.29) is 0 Å². The molecule has 1 unspecified atom stereocenters. The lowest BCUT2D eigenvalue weighted by Crippen LogP contribution is -2.39. The van der Waals surface area contributed by atoms with Crippen LogP contribution in [0.4, 0.5) is 4.79 Å². The van der Waals surface area contributed by atoms with Gasteiger partial charge in [-0.1, -0.05) is 6.92 Å². The lowest BCUT2D eigenvalue weighted by molar-refractivity contribution is 0.184. The van der Waals surface area contributed by atoms with E-state index in [2.05, 4.69) is 27.1 Å². The average Bonchev–Trinajstić information content (AvgIpc) is 3.38. The molecule has 1 amide bonds. The number of benzene rings is 1. The van der Waals surface area contributed by atoms with Gasteiger partial charge in [0.25, 0.3) is 0 Å². The van der Waals surface area contributed by atoms with Crippen LogP contribution in [-0.4, -0.2) is 46.6 Å². The molecule has 1 aliphatic carbocycles. The van der Waals surface area contributed by atoms with Crippen molar-refractivity contribution in [1.29, 1.82) is 0 Å². The van der Waals surface area contributed by atoms with Gasteiger partial charge in [-0.2, -0.15) is 0 Å². The third-order valence-corrected chi connectivity index (χ3v) is 7.13. The summed E-state index contributed by atoms with van der Waals surface area (Å²) in [6, 6.07) is 6.12. The van der Waals surface area contributed by atoms with E-state index in [4.69, 9.17) is 4.74 Å². The second kappa shape index (κ2) is 9.65. The molecule has 6 nitrogen and oxygen atoms in total. The van der Waals surface area contributed by atoms with Gasteiger partial charge in [-0.15, -0.1) is 22.7 Å². The maximum atomic E-state index is 12.0. The molecule has 0 bridgehead atoms. The second-order valence-electron chi connectivity index (χ2n) is 7.25. The summed E-state index contributed by atoms with van der Waals surface area (Å²) < 4.78 is 6.39. The molecule has 8 heteroatoms. The minimum Gasteiger partial charge on any atom is -0.410 e. The number of amides is 1. The molecule has 0 saturated carbocycles. The Morgan fingerprint density at radius 1 is 1.28 bits per heavy atom. The Hall–Kier alpha value is -2.03. The zero-order chi connectivity index (χ0) is 20.1. The Morgan fingerprint density at radius 2 is 2.17 bits per heavy atom. The number of aromatic nitrogens is 2. The van der Waals surface area contributed by atoms with Crippen LogP contribution in [0.25, 0.3) is 10.2 Å². The summed E-state index contributed by atoms with van der Waals surface area (Å²) in [6.45, 7) is 4.99. The quantitative estimate of drug-likeness (QED) is 0.533. The fourth-order valence-electron chi connectivity index (χ4n) is 3.87. The van der Waals surface area contributed by atoms with Gasteiger partial charge in [0.1, 0.15) is 5.75 Å².